The lowest BCUT2D eigenvalue weighted by molar-refractivity contribution is -0.274. The predicted octanol–water partition coefficient (Wildman–Crippen LogP) is 6.52. The molecule has 1 heterocycles. The van der Waals surface area contributed by atoms with E-state index in [0.29, 0.717) is 24.0 Å². The summed E-state index contributed by atoms with van der Waals surface area (Å²) in [6, 6.07) is 11.7. The number of carbonyl (C=O) groups excluding carboxylic acids is 1. The fourth-order valence-electron chi connectivity index (χ4n) is 4.00. The van der Waals surface area contributed by atoms with E-state index in [-0.39, 0.29) is 16.8 Å². The zero-order chi connectivity index (χ0) is 27.0. The first-order valence-electron chi connectivity index (χ1n) is 11.2. The maximum Gasteiger partial charge on any atom is 0.573 e. The number of rotatable bonds is 8. The number of carbonyl (C=O) groups is 2. The normalized spacial score (nSPS) is 14.6. The quantitative estimate of drug-likeness (QED) is 0.330. The smallest absolute Gasteiger partial charge is 0.478 e. The number of hydrogen-bond donors (Lipinski definition) is 2. The van der Waals surface area contributed by atoms with E-state index in [0.717, 1.165) is 18.2 Å². The average Bonchev–Trinajstić information content (AvgIpc) is 3.66. The molecule has 1 aliphatic carbocycles. The monoisotopic (exact) mass is 520 g/mol. The third kappa shape index (κ3) is 5.55. The molecule has 1 aliphatic rings. The molecule has 3 aromatic rings. The van der Waals surface area contributed by atoms with Gasteiger partial charge in [0.1, 0.15) is 11.4 Å². The summed E-state index contributed by atoms with van der Waals surface area (Å²) in [7, 11) is 0. The molecule has 1 saturated carbocycles. The number of nitrogens with zero attached hydrogens (tertiary/aromatic N) is 1. The van der Waals surface area contributed by atoms with E-state index in [9.17, 15) is 36.6 Å². The van der Waals surface area contributed by atoms with Crippen LogP contribution in [0.2, 0.25) is 0 Å². The predicted molar refractivity (Wildman–Crippen MR) is 123 cm³/mol. The summed E-state index contributed by atoms with van der Waals surface area (Å²) in [5.74, 6) is -5.24. The van der Waals surface area contributed by atoms with Gasteiger partial charge in [-0.25, -0.2) is 4.79 Å². The lowest BCUT2D eigenvalue weighted by atomic mass is 9.94. The van der Waals surface area contributed by atoms with Crippen molar-refractivity contribution in [3.05, 3.63) is 77.6 Å². The Labute approximate surface area is 208 Å². The van der Waals surface area contributed by atoms with Crippen molar-refractivity contribution in [2.45, 2.75) is 43.9 Å². The maximum absolute atomic E-state index is 13.9. The summed E-state index contributed by atoms with van der Waals surface area (Å²) in [6.07, 6.45) is -3.17. The Hall–Kier alpha value is -4.02. The highest BCUT2D eigenvalue weighted by molar-refractivity contribution is 6.03. The zero-order valence-corrected chi connectivity index (χ0v) is 19.4. The van der Waals surface area contributed by atoms with Crippen LogP contribution in [0.4, 0.5) is 27.6 Å². The Kier molecular flexibility index (Phi) is 6.66. The Morgan fingerprint density at radius 3 is 2.22 bits per heavy atom. The zero-order valence-electron chi connectivity index (χ0n) is 19.4. The van der Waals surface area contributed by atoms with E-state index in [2.05, 4.69) is 15.0 Å². The van der Waals surface area contributed by atoms with Gasteiger partial charge in [-0.3, -0.25) is 9.78 Å². The van der Waals surface area contributed by atoms with Crippen LogP contribution in [0.1, 0.15) is 47.8 Å². The third-order valence-corrected chi connectivity index (χ3v) is 6.23. The lowest BCUT2D eigenvalue weighted by Crippen LogP contribution is -2.28. The van der Waals surface area contributed by atoms with Crippen molar-refractivity contribution in [1.82, 2.24) is 4.98 Å². The second-order valence-electron chi connectivity index (χ2n) is 8.66. The highest BCUT2D eigenvalue weighted by Crippen LogP contribution is 2.49. The lowest BCUT2D eigenvalue weighted by Gasteiger charge is -2.18. The molecule has 4 rings (SSSR count). The molecule has 1 fully saturated rings. The molecule has 1 aromatic heterocycles. The number of nitrogens with one attached hydrogen (secondary N) is 1. The topological polar surface area (TPSA) is 88.5 Å². The first kappa shape index (κ1) is 26.1. The van der Waals surface area contributed by atoms with Crippen LogP contribution in [0, 0.1) is 0 Å². The highest BCUT2D eigenvalue weighted by Gasteiger charge is 2.51. The Bertz CT molecular complexity index is 1320. The molecule has 194 valence electrons. The van der Waals surface area contributed by atoms with Crippen LogP contribution >= 0.6 is 0 Å². The molecule has 0 unspecified atom stereocenters. The summed E-state index contributed by atoms with van der Waals surface area (Å²) < 4.78 is 68.8. The number of halogens is 5. The van der Waals surface area contributed by atoms with Crippen LogP contribution in [0.15, 0.2) is 60.8 Å². The number of amides is 1. The van der Waals surface area contributed by atoms with Crippen molar-refractivity contribution in [3.63, 3.8) is 0 Å². The standard InChI is InChI=1S/C26H21F5N2O4/c1-2-25(27,28)21-10-3-15(14-32-21)19-9-6-17(13-20(19)22(34)35)33-23(36)24(11-12-24)16-4-7-18(8-5-16)37-26(29,30)31/h3-10,13-14H,2,11-12H2,1H3,(H,33,36)(H,34,35). The van der Waals surface area contributed by atoms with Gasteiger partial charge < -0.3 is 15.2 Å². The van der Waals surface area contributed by atoms with Gasteiger partial charge in [-0.2, -0.15) is 8.78 Å². The Balaban J connectivity index is 1.54. The van der Waals surface area contributed by atoms with Crippen molar-refractivity contribution in [2.75, 3.05) is 5.32 Å². The van der Waals surface area contributed by atoms with Crippen LogP contribution in [0.5, 0.6) is 5.75 Å². The highest BCUT2D eigenvalue weighted by atomic mass is 19.4. The molecule has 2 N–H and O–H groups in total. The molecular formula is C26H21F5N2O4. The number of pyridine rings is 1. The molecule has 0 aliphatic heterocycles. The summed E-state index contributed by atoms with van der Waals surface area (Å²) >= 11 is 0. The van der Waals surface area contributed by atoms with E-state index >= 15 is 0 Å². The maximum atomic E-state index is 13.9. The Morgan fingerprint density at radius 1 is 1.03 bits per heavy atom. The minimum absolute atomic E-state index is 0.173. The van der Waals surface area contributed by atoms with Crippen molar-refractivity contribution in [2.24, 2.45) is 0 Å². The summed E-state index contributed by atoms with van der Waals surface area (Å²) in [4.78, 5) is 28.8. The number of ether oxygens (including phenoxy) is 1. The van der Waals surface area contributed by atoms with Crippen LogP contribution in [-0.2, 0) is 16.1 Å². The van der Waals surface area contributed by atoms with Crippen LogP contribution in [0.25, 0.3) is 11.1 Å². The number of alkyl halides is 5. The number of anilines is 1. The first-order valence-corrected chi connectivity index (χ1v) is 11.2. The van der Waals surface area contributed by atoms with Crippen molar-refractivity contribution in [3.8, 4) is 16.9 Å². The van der Waals surface area contributed by atoms with Crippen molar-refractivity contribution in [1.29, 1.82) is 0 Å². The number of aromatic carboxylic acids is 1. The molecule has 37 heavy (non-hydrogen) atoms. The molecule has 0 saturated heterocycles. The molecule has 0 spiro atoms. The minimum Gasteiger partial charge on any atom is -0.478 e. The fraction of sp³-hybridized carbons (Fsp3) is 0.269. The van der Waals surface area contributed by atoms with E-state index in [4.69, 9.17) is 0 Å². The molecular weight excluding hydrogens is 499 g/mol. The van der Waals surface area contributed by atoms with Gasteiger partial charge in [0.2, 0.25) is 5.91 Å². The summed E-state index contributed by atoms with van der Waals surface area (Å²) in [5.41, 5.74) is -0.318. The molecule has 1 amide bonds. The number of carboxylic acids is 1. The molecule has 6 nitrogen and oxygen atoms in total. The van der Waals surface area contributed by atoms with Gasteiger partial charge in [0, 0.05) is 23.9 Å². The van der Waals surface area contributed by atoms with Gasteiger partial charge in [0.15, 0.2) is 0 Å². The molecule has 2 aromatic carbocycles. The summed E-state index contributed by atoms with van der Waals surface area (Å²) in [6.45, 7) is 1.33. The largest absolute Gasteiger partial charge is 0.573 e. The minimum atomic E-state index is -4.83. The van der Waals surface area contributed by atoms with E-state index in [1.54, 1.807) is 0 Å². The van der Waals surface area contributed by atoms with E-state index in [1.807, 2.05) is 0 Å². The van der Waals surface area contributed by atoms with Crippen LogP contribution in [-0.4, -0.2) is 28.3 Å². The first-order chi connectivity index (χ1) is 17.3. The van der Waals surface area contributed by atoms with Crippen molar-refractivity contribution >= 4 is 17.6 Å². The number of aromatic nitrogens is 1. The number of benzene rings is 2. The van der Waals surface area contributed by atoms with Crippen molar-refractivity contribution < 1.29 is 41.4 Å². The average molecular weight is 520 g/mol. The SMILES string of the molecule is CCC(F)(F)c1ccc(-c2ccc(NC(=O)C3(c4ccc(OC(F)(F)F)cc4)CC3)cc2C(=O)O)cn1. The van der Waals surface area contributed by atoms with E-state index < -0.39 is 47.4 Å². The molecule has 0 radical (unpaired) electrons. The Morgan fingerprint density at radius 2 is 1.70 bits per heavy atom. The molecule has 11 heteroatoms. The fourth-order valence-corrected chi connectivity index (χ4v) is 4.00. The van der Waals surface area contributed by atoms with Gasteiger partial charge >= 0.3 is 12.3 Å². The van der Waals surface area contributed by atoms with Gasteiger partial charge in [0.05, 0.1) is 11.0 Å². The second kappa shape index (κ2) is 9.45. The van der Waals surface area contributed by atoms with Gasteiger partial charge in [0.25, 0.3) is 5.92 Å². The van der Waals surface area contributed by atoms with Gasteiger partial charge in [-0.15, -0.1) is 13.2 Å². The van der Waals surface area contributed by atoms with Gasteiger partial charge in [-0.1, -0.05) is 31.2 Å². The van der Waals surface area contributed by atoms with Gasteiger partial charge in [-0.05, 0) is 54.3 Å². The number of carboxylic acid groups (broad SMARTS) is 1. The number of hydrogen-bond acceptors (Lipinski definition) is 4. The van der Waals surface area contributed by atoms with Crippen LogP contribution in [0.3, 0.4) is 0 Å². The van der Waals surface area contributed by atoms with E-state index in [1.165, 1.54) is 49.5 Å². The third-order valence-electron chi connectivity index (χ3n) is 6.23. The summed E-state index contributed by atoms with van der Waals surface area (Å²) in [5, 5.41) is 12.4. The molecule has 0 bridgehead atoms. The second-order valence-corrected chi connectivity index (χ2v) is 8.66. The van der Waals surface area contributed by atoms with Crippen LogP contribution < -0.4 is 10.1 Å². The molecule has 0 atom stereocenters.